The molecule has 3 rings (SSSR count). The molecule has 0 fully saturated rings. The standard InChI is InChI=1S/C14H10N4O2/c19-9-11-6-13(8-15-7-11)20-14-16-10-18(17-14)12-4-2-1-3-5-12/h1-10H. The monoisotopic (exact) mass is 266 g/mol. The maximum absolute atomic E-state index is 10.7. The summed E-state index contributed by atoms with van der Waals surface area (Å²) in [5.74, 6) is 0.417. The number of para-hydroxylation sites is 1. The molecule has 0 aliphatic heterocycles. The van der Waals surface area contributed by atoms with Gasteiger partial charge in [0.05, 0.1) is 11.9 Å². The first-order chi connectivity index (χ1) is 9.85. The first-order valence-corrected chi connectivity index (χ1v) is 5.90. The fraction of sp³-hybridized carbons (Fsp3) is 0. The molecule has 0 aliphatic carbocycles. The van der Waals surface area contributed by atoms with E-state index >= 15 is 0 Å². The molecular formula is C14H10N4O2. The van der Waals surface area contributed by atoms with Crippen LogP contribution in [-0.2, 0) is 0 Å². The van der Waals surface area contributed by atoms with Crippen LogP contribution in [0.15, 0.2) is 55.1 Å². The van der Waals surface area contributed by atoms with E-state index in [1.807, 2.05) is 30.3 Å². The van der Waals surface area contributed by atoms with Gasteiger partial charge in [0, 0.05) is 11.8 Å². The van der Waals surface area contributed by atoms with E-state index in [0.717, 1.165) is 5.69 Å². The summed E-state index contributed by atoms with van der Waals surface area (Å²) in [5, 5.41) is 4.20. The van der Waals surface area contributed by atoms with Gasteiger partial charge in [0.15, 0.2) is 6.29 Å². The SMILES string of the molecule is O=Cc1cncc(Oc2ncn(-c3ccccc3)n2)c1. The summed E-state index contributed by atoms with van der Waals surface area (Å²) in [5.41, 5.74) is 1.32. The summed E-state index contributed by atoms with van der Waals surface area (Å²) in [6.45, 7) is 0. The highest BCUT2D eigenvalue weighted by molar-refractivity contribution is 5.74. The molecule has 0 aliphatic rings. The molecule has 0 saturated carbocycles. The minimum Gasteiger partial charge on any atom is -0.422 e. The molecule has 0 amide bonds. The summed E-state index contributed by atoms with van der Waals surface area (Å²) in [4.78, 5) is 18.6. The summed E-state index contributed by atoms with van der Waals surface area (Å²) >= 11 is 0. The summed E-state index contributed by atoms with van der Waals surface area (Å²) in [6.07, 6.45) is 5.21. The highest BCUT2D eigenvalue weighted by atomic mass is 16.5. The Balaban J connectivity index is 1.82. The molecule has 3 aromatic rings. The van der Waals surface area contributed by atoms with E-state index < -0.39 is 0 Å². The quantitative estimate of drug-likeness (QED) is 0.677. The number of ether oxygens (including phenoxy) is 1. The molecule has 0 radical (unpaired) electrons. The average molecular weight is 266 g/mol. The van der Waals surface area contributed by atoms with Crippen molar-refractivity contribution in [2.24, 2.45) is 0 Å². The van der Waals surface area contributed by atoms with Gasteiger partial charge in [-0.1, -0.05) is 18.2 Å². The lowest BCUT2D eigenvalue weighted by molar-refractivity contribution is 0.112. The predicted octanol–water partition coefficient (Wildman–Crippen LogP) is 2.27. The number of nitrogens with zero attached hydrogens (tertiary/aromatic N) is 4. The molecule has 0 N–H and O–H groups in total. The van der Waals surface area contributed by atoms with Crippen molar-refractivity contribution in [3.05, 3.63) is 60.7 Å². The van der Waals surface area contributed by atoms with Gasteiger partial charge < -0.3 is 4.74 Å². The van der Waals surface area contributed by atoms with Crippen LogP contribution in [0.1, 0.15) is 10.4 Å². The van der Waals surface area contributed by atoms with Crippen molar-refractivity contribution in [3.8, 4) is 17.4 Å². The second kappa shape index (κ2) is 5.31. The molecule has 98 valence electrons. The number of hydrogen-bond acceptors (Lipinski definition) is 5. The fourth-order valence-electron chi connectivity index (χ4n) is 1.66. The van der Waals surface area contributed by atoms with Crippen molar-refractivity contribution in [1.29, 1.82) is 0 Å². The van der Waals surface area contributed by atoms with Crippen molar-refractivity contribution >= 4 is 6.29 Å². The van der Waals surface area contributed by atoms with Crippen LogP contribution in [0.4, 0.5) is 0 Å². The second-order valence-corrected chi connectivity index (χ2v) is 3.98. The normalized spacial score (nSPS) is 10.2. The van der Waals surface area contributed by atoms with Crippen LogP contribution in [0, 0.1) is 0 Å². The molecule has 0 spiro atoms. The predicted molar refractivity (Wildman–Crippen MR) is 71.1 cm³/mol. The molecule has 6 heteroatoms. The second-order valence-electron chi connectivity index (χ2n) is 3.98. The third-order valence-electron chi connectivity index (χ3n) is 2.57. The van der Waals surface area contributed by atoms with Gasteiger partial charge in [-0.15, -0.1) is 5.10 Å². The van der Waals surface area contributed by atoms with E-state index in [9.17, 15) is 4.79 Å². The number of aromatic nitrogens is 4. The fourth-order valence-corrected chi connectivity index (χ4v) is 1.66. The minimum absolute atomic E-state index is 0.193. The van der Waals surface area contributed by atoms with E-state index in [1.165, 1.54) is 12.4 Å². The largest absolute Gasteiger partial charge is 0.422 e. The zero-order chi connectivity index (χ0) is 13.8. The van der Waals surface area contributed by atoms with Crippen molar-refractivity contribution < 1.29 is 9.53 Å². The number of carbonyl (C=O) groups excluding carboxylic acids is 1. The van der Waals surface area contributed by atoms with Gasteiger partial charge in [-0.2, -0.15) is 4.98 Å². The van der Waals surface area contributed by atoms with Crippen LogP contribution in [0.3, 0.4) is 0 Å². The van der Waals surface area contributed by atoms with Crippen molar-refractivity contribution in [1.82, 2.24) is 19.7 Å². The maximum atomic E-state index is 10.7. The zero-order valence-corrected chi connectivity index (χ0v) is 10.4. The third-order valence-corrected chi connectivity index (χ3v) is 2.57. The number of benzene rings is 1. The Morgan fingerprint density at radius 1 is 1.15 bits per heavy atom. The Labute approximate surface area is 114 Å². The molecule has 0 unspecified atom stereocenters. The molecule has 0 atom stereocenters. The first-order valence-electron chi connectivity index (χ1n) is 5.90. The van der Waals surface area contributed by atoms with Gasteiger partial charge in [-0.25, -0.2) is 4.68 Å². The molecule has 6 nitrogen and oxygen atoms in total. The minimum atomic E-state index is 0.193. The van der Waals surface area contributed by atoms with Gasteiger partial charge in [-0.3, -0.25) is 9.78 Å². The Kier molecular flexibility index (Phi) is 3.20. The topological polar surface area (TPSA) is 69.9 Å². The number of carbonyl (C=O) groups is 1. The lowest BCUT2D eigenvalue weighted by atomic mass is 10.3. The van der Waals surface area contributed by atoms with E-state index in [1.54, 1.807) is 17.1 Å². The van der Waals surface area contributed by atoms with E-state index in [2.05, 4.69) is 15.1 Å². The smallest absolute Gasteiger partial charge is 0.341 e. The number of aldehydes is 1. The Bertz CT molecular complexity index is 725. The molecule has 2 aromatic heterocycles. The van der Waals surface area contributed by atoms with Crippen LogP contribution in [0.2, 0.25) is 0 Å². The van der Waals surface area contributed by atoms with Crippen LogP contribution < -0.4 is 4.74 Å². The van der Waals surface area contributed by atoms with E-state index in [4.69, 9.17) is 4.74 Å². The highest BCUT2D eigenvalue weighted by Crippen LogP contribution is 2.17. The van der Waals surface area contributed by atoms with Gasteiger partial charge in [0.25, 0.3) is 0 Å². The Hall–Kier alpha value is -3.02. The Morgan fingerprint density at radius 2 is 2.00 bits per heavy atom. The van der Waals surface area contributed by atoms with Crippen molar-refractivity contribution in [2.75, 3.05) is 0 Å². The van der Waals surface area contributed by atoms with Gasteiger partial charge in [0.2, 0.25) is 0 Å². The Morgan fingerprint density at radius 3 is 2.80 bits per heavy atom. The van der Waals surface area contributed by atoms with Crippen LogP contribution in [-0.4, -0.2) is 26.0 Å². The number of pyridine rings is 1. The molecule has 0 bridgehead atoms. The summed E-state index contributed by atoms with van der Waals surface area (Å²) in [7, 11) is 0. The zero-order valence-electron chi connectivity index (χ0n) is 10.4. The molecule has 0 saturated heterocycles. The van der Waals surface area contributed by atoms with Crippen LogP contribution in [0.25, 0.3) is 5.69 Å². The lowest BCUT2D eigenvalue weighted by Gasteiger charge is -2.01. The number of rotatable bonds is 4. The maximum Gasteiger partial charge on any atom is 0.341 e. The van der Waals surface area contributed by atoms with Gasteiger partial charge in [0.1, 0.15) is 12.1 Å². The molecule has 1 aromatic carbocycles. The third kappa shape index (κ3) is 2.54. The van der Waals surface area contributed by atoms with Crippen molar-refractivity contribution in [2.45, 2.75) is 0 Å². The molecule has 2 heterocycles. The lowest BCUT2D eigenvalue weighted by Crippen LogP contribution is -1.95. The average Bonchev–Trinajstić information content (AvgIpc) is 2.97. The highest BCUT2D eigenvalue weighted by Gasteiger charge is 2.05. The van der Waals surface area contributed by atoms with Crippen LogP contribution in [0.5, 0.6) is 11.8 Å². The van der Waals surface area contributed by atoms with Crippen LogP contribution >= 0.6 is 0 Å². The van der Waals surface area contributed by atoms with E-state index in [0.29, 0.717) is 17.6 Å². The van der Waals surface area contributed by atoms with E-state index in [-0.39, 0.29) is 6.01 Å². The molecule has 20 heavy (non-hydrogen) atoms. The first kappa shape index (κ1) is 12.0. The van der Waals surface area contributed by atoms with Gasteiger partial charge >= 0.3 is 6.01 Å². The van der Waals surface area contributed by atoms with Crippen molar-refractivity contribution in [3.63, 3.8) is 0 Å². The summed E-state index contributed by atoms with van der Waals surface area (Å²) < 4.78 is 7.06. The van der Waals surface area contributed by atoms with Gasteiger partial charge in [-0.05, 0) is 18.2 Å². The summed E-state index contributed by atoms with van der Waals surface area (Å²) in [6, 6.07) is 11.3. The molecular weight excluding hydrogens is 256 g/mol. The number of hydrogen-bond donors (Lipinski definition) is 0.